The molecule has 0 aliphatic carbocycles. The van der Waals surface area contributed by atoms with Crippen LogP contribution in [0.15, 0.2) is 63.1 Å². The number of rotatable bonds is 3. The molecule has 2 N–H and O–H groups in total. The molecule has 3 aromatic rings. The summed E-state index contributed by atoms with van der Waals surface area (Å²) in [5, 5.41) is 12.8. The average molecular weight is 320 g/mol. The van der Waals surface area contributed by atoms with Crippen LogP contribution < -0.4 is 21.5 Å². The van der Waals surface area contributed by atoms with Crippen LogP contribution in [0, 0.1) is 13.8 Å². The lowest BCUT2D eigenvalue weighted by molar-refractivity contribution is 0.472. The van der Waals surface area contributed by atoms with Crippen LogP contribution >= 0.6 is 0 Å². The lowest BCUT2D eigenvalue weighted by Crippen LogP contribution is -2.30. The molecular weight excluding hydrogens is 304 g/mol. The van der Waals surface area contributed by atoms with Gasteiger partial charge in [-0.2, -0.15) is 0 Å². The number of nitrogens with zero attached hydrogens (tertiary/aromatic N) is 1. The average Bonchev–Trinajstić information content (AvgIpc) is 2.76. The van der Waals surface area contributed by atoms with Crippen molar-refractivity contribution in [3.8, 4) is 5.75 Å². The maximum absolute atomic E-state index is 12.1. The summed E-state index contributed by atoms with van der Waals surface area (Å²) in [6.45, 7) is 3.87. The molecule has 0 amide bonds. The monoisotopic (exact) mass is 320 g/mol. The van der Waals surface area contributed by atoms with Gasteiger partial charge in [0.05, 0.1) is 5.69 Å². The van der Waals surface area contributed by atoms with Crippen LogP contribution in [0.1, 0.15) is 11.1 Å². The maximum Gasteiger partial charge on any atom is 0.257 e. The van der Waals surface area contributed by atoms with Crippen LogP contribution in [0.5, 0.6) is 5.75 Å². The predicted molar refractivity (Wildman–Crippen MR) is 93.9 cm³/mol. The van der Waals surface area contributed by atoms with Crippen molar-refractivity contribution in [2.75, 3.05) is 5.32 Å². The summed E-state index contributed by atoms with van der Waals surface area (Å²) in [5.41, 5.74) is 1.47. The topological polar surface area (TPSA) is 78.8 Å². The van der Waals surface area contributed by atoms with Crippen LogP contribution in [0.2, 0.25) is 0 Å². The second-order valence-electron chi connectivity index (χ2n) is 5.67. The first kappa shape index (κ1) is 15.7. The number of aryl methyl sites for hydroxylation is 2. The predicted octanol–water partition coefficient (Wildman–Crippen LogP) is 2.58. The van der Waals surface area contributed by atoms with Gasteiger partial charge in [0.1, 0.15) is 5.69 Å². The van der Waals surface area contributed by atoms with E-state index in [1.807, 2.05) is 38.1 Å². The van der Waals surface area contributed by atoms with Gasteiger partial charge in [-0.15, -0.1) is 0 Å². The van der Waals surface area contributed by atoms with E-state index in [-0.39, 0.29) is 11.0 Å². The van der Waals surface area contributed by atoms with E-state index >= 15 is 0 Å². The van der Waals surface area contributed by atoms with Gasteiger partial charge in [0.25, 0.3) is 10.9 Å². The van der Waals surface area contributed by atoms with E-state index in [0.29, 0.717) is 11.4 Å². The third-order valence-corrected chi connectivity index (χ3v) is 3.71. The van der Waals surface area contributed by atoms with Crippen LogP contribution in [0.25, 0.3) is 0 Å². The van der Waals surface area contributed by atoms with Gasteiger partial charge in [-0.3, -0.25) is 9.59 Å². The van der Waals surface area contributed by atoms with E-state index in [1.165, 1.54) is 0 Å². The molecule has 0 saturated carbocycles. The summed E-state index contributed by atoms with van der Waals surface area (Å²) in [7, 11) is 0. The molecule has 0 unspecified atom stereocenters. The highest BCUT2D eigenvalue weighted by molar-refractivity contribution is 5.66. The fraction of sp³-hybridized carbons (Fsp3) is 0.105. The summed E-state index contributed by atoms with van der Waals surface area (Å²) in [6, 6.07) is 14.4. The maximum atomic E-state index is 12.1. The molecule has 3 aromatic carbocycles. The molecule has 0 radical (unpaired) electrons. The molecule has 24 heavy (non-hydrogen) atoms. The van der Waals surface area contributed by atoms with Crippen LogP contribution in [-0.4, -0.2) is 5.11 Å². The lowest BCUT2D eigenvalue weighted by atomic mass is 10.2. The lowest BCUT2D eigenvalue weighted by Gasteiger charge is -2.04. The van der Waals surface area contributed by atoms with Crippen molar-refractivity contribution in [2.24, 2.45) is 4.99 Å². The molecule has 0 bridgehead atoms. The molecule has 0 aromatic heterocycles. The molecule has 120 valence electrons. The molecule has 0 aliphatic heterocycles. The normalized spacial score (nSPS) is 11.7. The molecule has 5 nitrogen and oxygen atoms in total. The zero-order chi connectivity index (χ0) is 17.3. The van der Waals surface area contributed by atoms with E-state index in [4.69, 9.17) is 0 Å². The van der Waals surface area contributed by atoms with Crippen molar-refractivity contribution in [1.82, 2.24) is 0 Å². The summed E-state index contributed by atoms with van der Waals surface area (Å²) in [5.74, 6) is -0.425. The molecule has 0 fully saturated rings. The smallest absolute Gasteiger partial charge is 0.257 e. The fourth-order valence-electron chi connectivity index (χ4n) is 2.30. The van der Waals surface area contributed by atoms with E-state index in [2.05, 4.69) is 10.3 Å². The highest BCUT2D eigenvalue weighted by atomic mass is 16.3. The third kappa shape index (κ3) is 2.96. The first-order chi connectivity index (χ1) is 11.5. The highest BCUT2D eigenvalue weighted by Gasteiger charge is 2.17. The minimum atomic E-state index is -0.817. The Morgan fingerprint density at radius 1 is 0.833 bits per heavy atom. The Bertz CT molecular complexity index is 1030. The Morgan fingerprint density at radius 2 is 1.38 bits per heavy atom. The van der Waals surface area contributed by atoms with Gasteiger partial charge in [0.15, 0.2) is 11.1 Å². The van der Waals surface area contributed by atoms with Gasteiger partial charge in [0, 0.05) is 5.69 Å². The van der Waals surface area contributed by atoms with Crippen molar-refractivity contribution in [2.45, 2.75) is 13.8 Å². The number of aromatic hydroxyl groups is 1. The van der Waals surface area contributed by atoms with Crippen LogP contribution in [0.4, 0.5) is 17.1 Å². The van der Waals surface area contributed by atoms with Gasteiger partial charge in [-0.1, -0.05) is 35.4 Å². The molecule has 0 saturated heterocycles. The summed E-state index contributed by atoms with van der Waals surface area (Å²) in [4.78, 5) is 28.4. The molecule has 0 spiro atoms. The SMILES string of the molecule is Cc1ccc(N=c2c(O)c(Nc3ccc(C)cc3)c(=O)c2=O)cc1. The van der Waals surface area contributed by atoms with Crippen LogP contribution in [0.3, 0.4) is 0 Å². The third-order valence-electron chi connectivity index (χ3n) is 3.71. The van der Waals surface area contributed by atoms with Crippen molar-refractivity contribution in [3.63, 3.8) is 0 Å². The highest BCUT2D eigenvalue weighted by Crippen LogP contribution is 2.20. The van der Waals surface area contributed by atoms with Gasteiger partial charge >= 0.3 is 0 Å². The number of anilines is 2. The minimum Gasteiger partial charge on any atom is -0.504 e. The Hall–Kier alpha value is -3.21. The van der Waals surface area contributed by atoms with Crippen molar-refractivity contribution < 1.29 is 5.11 Å². The molecule has 3 rings (SSSR count). The van der Waals surface area contributed by atoms with E-state index in [0.717, 1.165) is 11.1 Å². The summed E-state index contributed by atoms with van der Waals surface area (Å²) >= 11 is 0. The zero-order valence-corrected chi connectivity index (χ0v) is 13.3. The second-order valence-corrected chi connectivity index (χ2v) is 5.67. The van der Waals surface area contributed by atoms with Crippen molar-refractivity contribution >= 4 is 17.1 Å². The minimum absolute atomic E-state index is 0.144. The summed E-state index contributed by atoms with van der Waals surface area (Å²) < 4.78 is 0. The van der Waals surface area contributed by atoms with Gasteiger partial charge in [-0.05, 0) is 38.1 Å². The first-order valence-corrected chi connectivity index (χ1v) is 7.47. The van der Waals surface area contributed by atoms with Crippen molar-refractivity contribution in [3.05, 3.63) is 85.5 Å². The zero-order valence-electron chi connectivity index (χ0n) is 13.3. The number of nitrogens with one attached hydrogen (secondary N) is 1. The van der Waals surface area contributed by atoms with Crippen molar-refractivity contribution in [1.29, 1.82) is 0 Å². The standard InChI is InChI=1S/C19H16N2O3/c1-11-3-7-13(8-4-11)20-15-17(22)16(19(24)18(15)23)21-14-9-5-12(2)6-10-14/h3-10,20,22H,1-2H3. The number of hydrogen-bond acceptors (Lipinski definition) is 5. The molecule has 0 aliphatic rings. The van der Waals surface area contributed by atoms with E-state index in [1.54, 1.807) is 24.3 Å². The first-order valence-electron chi connectivity index (χ1n) is 7.47. The summed E-state index contributed by atoms with van der Waals surface area (Å²) in [6.07, 6.45) is 0. The number of hydrogen-bond donors (Lipinski definition) is 2. The molecule has 5 heteroatoms. The van der Waals surface area contributed by atoms with Gasteiger partial charge in [-0.25, -0.2) is 4.99 Å². The largest absolute Gasteiger partial charge is 0.504 e. The molecular formula is C19H16N2O3. The second kappa shape index (κ2) is 6.12. The molecule has 0 atom stereocenters. The van der Waals surface area contributed by atoms with E-state index < -0.39 is 16.6 Å². The van der Waals surface area contributed by atoms with E-state index in [9.17, 15) is 14.7 Å². The van der Waals surface area contributed by atoms with Crippen LogP contribution in [-0.2, 0) is 0 Å². The Morgan fingerprint density at radius 3 is 1.96 bits per heavy atom. The van der Waals surface area contributed by atoms with Gasteiger partial charge < -0.3 is 10.4 Å². The number of benzene rings is 2. The Balaban J connectivity index is 2.07. The Kier molecular flexibility index (Phi) is 4.00. The Labute approximate surface area is 138 Å². The molecule has 0 heterocycles. The fourth-order valence-corrected chi connectivity index (χ4v) is 2.30. The quantitative estimate of drug-likeness (QED) is 0.727. The van der Waals surface area contributed by atoms with Gasteiger partial charge in [0.2, 0.25) is 0 Å².